The molecule has 2 bridgehead atoms. The molecule has 0 spiro atoms. The lowest BCUT2D eigenvalue weighted by Gasteiger charge is -2.43. The smallest absolute Gasteiger partial charge is 0.411 e. The van der Waals surface area contributed by atoms with Crippen LogP contribution in [-0.4, -0.2) is 41.3 Å². The van der Waals surface area contributed by atoms with Crippen LogP contribution >= 0.6 is 0 Å². The van der Waals surface area contributed by atoms with Gasteiger partial charge >= 0.3 is 6.09 Å². The zero-order valence-corrected chi connectivity index (χ0v) is 16.3. The topological polar surface area (TPSA) is 51.7 Å². The van der Waals surface area contributed by atoms with Crippen LogP contribution in [0.4, 0.5) is 9.18 Å². The molecule has 6 heteroatoms. The summed E-state index contributed by atoms with van der Waals surface area (Å²) in [6, 6.07) is 16.2. The molecular weight excluding hydrogens is 383 g/mol. The SMILES string of the molecule is O=C(OCc1ccccc1)N1C2C=C(c3cc4cccnc4cc3F)CC1COC2. The number of hydrogen-bond acceptors (Lipinski definition) is 4. The van der Waals surface area contributed by atoms with Gasteiger partial charge < -0.3 is 9.47 Å². The molecule has 0 radical (unpaired) electrons. The second-order valence-corrected chi connectivity index (χ2v) is 7.63. The predicted molar refractivity (Wildman–Crippen MR) is 111 cm³/mol. The lowest BCUT2D eigenvalue weighted by atomic mass is 9.89. The number of rotatable bonds is 3. The Balaban J connectivity index is 1.40. The maximum absolute atomic E-state index is 14.8. The highest BCUT2D eigenvalue weighted by Gasteiger charge is 2.39. The van der Waals surface area contributed by atoms with Crippen LogP contribution in [0.5, 0.6) is 0 Å². The van der Waals surface area contributed by atoms with E-state index in [-0.39, 0.29) is 30.6 Å². The van der Waals surface area contributed by atoms with Gasteiger partial charge in [0.1, 0.15) is 12.4 Å². The summed E-state index contributed by atoms with van der Waals surface area (Å²) in [5, 5.41) is 0.890. The van der Waals surface area contributed by atoms with E-state index in [0.717, 1.165) is 16.5 Å². The van der Waals surface area contributed by atoms with Gasteiger partial charge in [0.25, 0.3) is 0 Å². The average molecular weight is 404 g/mol. The second-order valence-electron chi connectivity index (χ2n) is 7.63. The third-order valence-electron chi connectivity index (χ3n) is 5.65. The Hall–Kier alpha value is -3.25. The lowest BCUT2D eigenvalue weighted by Crippen LogP contribution is -2.56. The van der Waals surface area contributed by atoms with Crippen LogP contribution in [0.1, 0.15) is 17.5 Å². The molecule has 2 aromatic carbocycles. The van der Waals surface area contributed by atoms with Crippen LogP contribution in [0, 0.1) is 5.82 Å². The van der Waals surface area contributed by atoms with Crippen molar-refractivity contribution in [2.75, 3.05) is 13.2 Å². The summed E-state index contributed by atoms with van der Waals surface area (Å²) in [6.45, 7) is 1.00. The number of carbonyl (C=O) groups is 1. The van der Waals surface area contributed by atoms with Crippen LogP contribution in [0.15, 0.2) is 66.9 Å². The van der Waals surface area contributed by atoms with Gasteiger partial charge in [0.05, 0.1) is 30.8 Å². The molecule has 30 heavy (non-hydrogen) atoms. The molecule has 5 nitrogen and oxygen atoms in total. The first-order valence-corrected chi connectivity index (χ1v) is 10.0. The fraction of sp³-hybridized carbons (Fsp3) is 0.250. The largest absolute Gasteiger partial charge is 0.445 e. The third kappa shape index (κ3) is 3.55. The maximum atomic E-state index is 14.8. The predicted octanol–water partition coefficient (Wildman–Crippen LogP) is 4.57. The molecule has 1 aromatic heterocycles. The quantitative estimate of drug-likeness (QED) is 0.642. The van der Waals surface area contributed by atoms with E-state index < -0.39 is 0 Å². The van der Waals surface area contributed by atoms with E-state index in [1.54, 1.807) is 11.1 Å². The molecule has 0 saturated carbocycles. The number of morpholine rings is 1. The molecule has 2 unspecified atom stereocenters. The fourth-order valence-electron chi connectivity index (χ4n) is 4.21. The minimum atomic E-state index is -0.365. The number of halogens is 1. The summed E-state index contributed by atoms with van der Waals surface area (Å²) >= 11 is 0. The number of hydrogen-bond donors (Lipinski definition) is 0. The number of benzene rings is 2. The summed E-state index contributed by atoms with van der Waals surface area (Å²) < 4.78 is 26.0. The molecule has 2 atom stereocenters. The molecule has 1 amide bonds. The number of nitrogens with zero attached hydrogens (tertiary/aromatic N) is 2. The number of carbonyl (C=O) groups excluding carboxylic acids is 1. The summed E-state index contributed by atoms with van der Waals surface area (Å²) in [7, 11) is 0. The minimum Gasteiger partial charge on any atom is -0.445 e. The van der Waals surface area contributed by atoms with Crippen molar-refractivity contribution >= 4 is 22.6 Å². The number of pyridine rings is 1. The van der Waals surface area contributed by atoms with Crippen molar-refractivity contribution in [1.82, 2.24) is 9.88 Å². The molecule has 2 aliphatic rings. The van der Waals surface area contributed by atoms with Gasteiger partial charge in [-0.1, -0.05) is 42.5 Å². The number of fused-ring (bicyclic) bond motifs is 3. The Labute approximate surface area is 173 Å². The molecular formula is C24H21FN2O3. The molecule has 1 saturated heterocycles. The van der Waals surface area contributed by atoms with Crippen molar-refractivity contribution in [1.29, 1.82) is 0 Å². The summed E-state index contributed by atoms with van der Waals surface area (Å²) in [5.41, 5.74) is 3.02. The Bertz CT molecular complexity index is 1120. The van der Waals surface area contributed by atoms with Crippen molar-refractivity contribution < 1.29 is 18.7 Å². The monoisotopic (exact) mass is 404 g/mol. The van der Waals surface area contributed by atoms with Crippen LogP contribution in [0.2, 0.25) is 0 Å². The molecule has 5 rings (SSSR count). The molecule has 3 aromatic rings. The Morgan fingerprint density at radius 1 is 1.17 bits per heavy atom. The van der Waals surface area contributed by atoms with Gasteiger partial charge in [-0.25, -0.2) is 9.18 Å². The van der Waals surface area contributed by atoms with E-state index in [1.165, 1.54) is 6.07 Å². The van der Waals surface area contributed by atoms with E-state index in [2.05, 4.69) is 4.98 Å². The average Bonchev–Trinajstić information content (AvgIpc) is 2.77. The van der Waals surface area contributed by atoms with E-state index in [1.807, 2.05) is 54.6 Å². The van der Waals surface area contributed by atoms with Crippen LogP contribution in [-0.2, 0) is 16.1 Å². The van der Waals surface area contributed by atoms with Crippen molar-refractivity contribution in [3.05, 3.63) is 83.8 Å². The Morgan fingerprint density at radius 2 is 2.03 bits per heavy atom. The Morgan fingerprint density at radius 3 is 2.87 bits per heavy atom. The molecule has 2 aliphatic heterocycles. The van der Waals surface area contributed by atoms with E-state index in [4.69, 9.17) is 9.47 Å². The second kappa shape index (κ2) is 7.88. The molecule has 3 heterocycles. The normalized spacial score (nSPS) is 20.7. The highest BCUT2D eigenvalue weighted by molar-refractivity contribution is 5.84. The number of aromatic nitrogens is 1. The molecule has 0 N–H and O–H groups in total. The highest BCUT2D eigenvalue weighted by Crippen LogP contribution is 2.35. The molecule has 152 valence electrons. The van der Waals surface area contributed by atoms with Crippen molar-refractivity contribution in [2.45, 2.75) is 25.1 Å². The summed E-state index contributed by atoms with van der Waals surface area (Å²) in [5.74, 6) is -0.299. The highest BCUT2D eigenvalue weighted by atomic mass is 19.1. The van der Waals surface area contributed by atoms with Gasteiger partial charge in [0.15, 0.2) is 0 Å². The zero-order valence-electron chi connectivity index (χ0n) is 16.3. The van der Waals surface area contributed by atoms with Gasteiger partial charge in [-0.15, -0.1) is 0 Å². The maximum Gasteiger partial charge on any atom is 0.411 e. The van der Waals surface area contributed by atoms with E-state index in [9.17, 15) is 9.18 Å². The standard InChI is InChI=1S/C24H21FN2O3/c25-22-12-23-17(7-4-8-26-23)11-21(22)18-9-19-14-29-15-20(10-18)27(19)24(28)30-13-16-5-2-1-3-6-16/h1-9,11-12,19-20H,10,13-15H2. The minimum absolute atomic E-state index is 0.184. The summed E-state index contributed by atoms with van der Waals surface area (Å²) in [4.78, 5) is 18.8. The number of amides is 1. The van der Waals surface area contributed by atoms with E-state index in [0.29, 0.717) is 30.7 Å². The fourth-order valence-corrected chi connectivity index (χ4v) is 4.21. The van der Waals surface area contributed by atoms with Gasteiger partial charge in [-0.2, -0.15) is 0 Å². The first-order valence-electron chi connectivity index (χ1n) is 10.0. The van der Waals surface area contributed by atoms with Crippen LogP contribution in [0.3, 0.4) is 0 Å². The summed E-state index contributed by atoms with van der Waals surface area (Å²) in [6.07, 6.45) is 3.73. The van der Waals surface area contributed by atoms with Crippen molar-refractivity contribution in [3.8, 4) is 0 Å². The van der Waals surface area contributed by atoms with Gasteiger partial charge in [-0.3, -0.25) is 9.88 Å². The van der Waals surface area contributed by atoms with Crippen LogP contribution < -0.4 is 0 Å². The van der Waals surface area contributed by atoms with Crippen molar-refractivity contribution in [2.24, 2.45) is 0 Å². The zero-order chi connectivity index (χ0) is 20.5. The van der Waals surface area contributed by atoms with Gasteiger partial charge in [0.2, 0.25) is 0 Å². The van der Waals surface area contributed by atoms with Gasteiger partial charge in [-0.05, 0) is 29.7 Å². The van der Waals surface area contributed by atoms with Crippen LogP contribution in [0.25, 0.3) is 16.5 Å². The van der Waals surface area contributed by atoms with E-state index >= 15 is 0 Å². The van der Waals surface area contributed by atoms with Gasteiger partial charge in [0, 0.05) is 23.2 Å². The first-order chi connectivity index (χ1) is 14.7. The lowest BCUT2D eigenvalue weighted by molar-refractivity contribution is -0.0342. The third-order valence-corrected chi connectivity index (χ3v) is 5.65. The first kappa shape index (κ1) is 18.8. The Kier molecular flexibility index (Phi) is 4.93. The molecule has 1 fully saturated rings. The molecule has 0 aliphatic carbocycles. The van der Waals surface area contributed by atoms with Crippen molar-refractivity contribution in [3.63, 3.8) is 0 Å². The number of ether oxygens (including phenoxy) is 2.